The van der Waals surface area contributed by atoms with E-state index in [1.54, 1.807) is 0 Å². The van der Waals surface area contributed by atoms with Gasteiger partial charge in [0.1, 0.15) is 23.2 Å². The average Bonchev–Trinajstić information content (AvgIpc) is 2.54. The summed E-state index contributed by atoms with van der Waals surface area (Å²) in [7, 11) is -1.57. The summed E-state index contributed by atoms with van der Waals surface area (Å²) in [4.78, 5) is 35.5. The summed E-state index contributed by atoms with van der Waals surface area (Å²) in [6, 6.07) is 2.84. The molecule has 146 valence electrons. The molecule has 0 aromatic heterocycles. The molecule has 0 radical (unpaired) electrons. The molecule has 27 heavy (non-hydrogen) atoms. The number of nitrogens with two attached hydrogens (primary N) is 1. The molecule has 0 spiro atoms. The third-order valence-corrected chi connectivity index (χ3v) is 4.19. The van der Waals surface area contributed by atoms with Gasteiger partial charge in [-0.05, 0) is 24.4 Å². The van der Waals surface area contributed by atoms with E-state index in [0.717, 1.165) is 0 Å². The van der Waals surface area contributed by atoms with E-state index in [1.807, 2.05) is 0 Å². The Bertz CT molecular complexity index is 733. The van der Waals surface area contributed by atoms with Crippen LogP contribution in [-0.4, -0.2) is 69.3 Å². The minimum Gasteiger partial charge on any atom is -0.507 e. The van der Waals surface area contributed by atoms with Crippen LogP contribution < -0.4 is 10.5 Å². The SMILES string of the molecule is NC(=O)CCC(=O)N1CC(Oc2ccc(CCB(O)O)c(O)c2C(=O)O)C1. The van der Waals surface area contributed by atoms with Crippen molar-refractivity contribution >= 4 is 24.9 Å². The molecule has 6 N–H and O–H groups in total. The van der Waals surface area contributed by atoms with Crippen molar-refractivity contribution in [1.82, 2.24) is 4.90 Å². The number of carboxylic acid groups (broad SMARTS) is 1. The number of rotatable bonds is 9. The molecule has 1 aromatic rings. The van der Waals surface area contributed by atoms with Crippen molar-refractivity contribution in [2.24, 2.45) is 5.73 Å². The van der Waals surface area contributed by atoms with E-state index < -0.39 is 36.4 Å². The first kappa shape index (κ1) is 20.5. The van der Waals surface area contributed by atoms with Crippen LogP contribution in [0.4, 0.5) is 0 Å². The number of nitrogens with zero attached hydrogens (tertiary/aromatic N) is 1. The zero-order valence-electron chi connectivity index (χ0n) is 14.5. The largest absolute Gasteiger partial charge is 0.507 e. The van der Waals surface area contributed by atoms with Gasteiger partial charge in [0.05, 0.1) is 13.1 Å². The number of aryl methyl sites for hydroxylation is 1. The number of carbonyl (C=O) groups is 3. The Labute approximate surface area is 155 Å². The number of carboxylic acids is 1. The Morgan fingerprint density at radius 2 is 1.89 bits per heavy atom. The molecule has 1 aliphatic rings. The maximum Gasteiger partial charge on any atom is 0.451 e. The third-order valence-electron chi connectivity index (χ3n) is 4.19. The lowest BCUT2D eigenvalue weighted by molar-refractivity contribution is -0.141. The Hall–Kier alpha value is -2.79. The van der Waals surface area contributed by atoms with Crippen LogP contribution in [0.2, 0.25) is 6.32 Å². The lowest BCUT2D eigenvalue weighted by atomic mass is 9.82. The van der Waals surface area contributed by atoms with Crippen LogP contribution >= 0.6 is 0 Å². The van der Waals surface area contributed by atoms with Crippen LogP contribution in [0.3, 0.4) is 0 Å². The van der Waals surface area contributed by atoms with Crippen molar-refractivity contribution < 1.29 is 39.4 Å². The number of ether oxygens (including phenoxy) is 1. The van der Waals surface area contributed by atoms with E-state index >= 15 is 0 Å². The number of aromatic carboxylic acids is 1. The predicted molar refractivity (Wildman–Crippen MR) is 93.2 cm³/mol. The van der Waals surface area contributed by atoms with E-state index in [0.29, 0.717) is 0 Å². The Kier molecular flexibility index (Phi) is 6.64. The Morgan fingerprint density at radius 1 is 1.22 bits per heavy atom. The normalized spacial score (nSPS) is 13.8. The number of hydrogen-bond acceptors (Lipinski definition) is 7. The van der Waals surface area contributed by atoms with Gasteiger partial charge in [0.2, 0.25) is 11.8 Å². The minimum absolute atomic E-state index is 0.00855. The summed E-state index contributed by atoms with van der Waals surface area (Å²) in [6.45, 7) is 0.464. The zero-order valence-corrected chi connectivity index (χ0v) is 14.5. The highest BCUT2D eigenvalue weighted by atomic mass is 16.5. The van der Waals surface area contributed by atoms with Crippen molar-refractivity contribution in [1.29, 1.82) is 0 Å². The highest BCUT2D eigenvalue weighted by Gasteiger charge is 2.33. The number of amides is 2. The number of phenols is 1. The predicted octanol–water partition coefficient (Wildman–Crippen LogP) is -1.04. The summed E-state index contributed by atoms with van der Waals surface area (Å²) in [5, 5.41) is 37.4. The summed E-state index contributed by atoms with van der Waals surface area (Å²) in [5.41, 5.74) is 4.83. The molecular weight excluding hydrogens is 359 g/mol. The molecule has 0 atom stereocenters. The lowest BCUT2D eigenvalue weighted by Crippen LogP contribution is -2.56. The van der Waals surface area contributed by atoms with Gasteiger partial charge < -0.3 is 35.6 Å². The van der Waals surface area contributed by atoms with Crippen molar-refractivity contribution in [2.75, 3.05) is 13.1 Å². The van der Waals surface area contributed by atoms with Crippen LogP contribution in [-0.2, 0) is 16.0 Å². The summed E-state index contributed by atoms with van der Waals surface area (Å²) in [6.07, 6.45) is -0.450. The molecule has 1 aliphatic heterocycles. The second-order valence-electron chi connectivity index (χ2n) is 6.28. The molecule has 0 bridgehead atoms. The van der Waals surface area contributed by atoms with E-state index in [4.69, 9.17) is 20.5 Å². The topological polar surface area (TPSA) is 171 Å². The van der Waals surface area contributed by atoms with E-state index in [9.17, 15) is 24.6 Å². The van der Waals surface area contributed by atoms with Crippen LogP contribution in [0.25, 0.3) is 0 Å². The highest BCUT2D eigenvalue weighted by Crippen LogP contribution is 2.34. The molecule has 2 amide bonds. The van der Waals surface area contributed by atoms with Crippen molar-refractivity contribution in [3.8, 4) is 11.5 Å². The van der Waals surface area contributed by atoms with Crippen molar-refractivity contribution in [2.45, 2.75) is 31.7 Å². The van der Waals surface area contributed by atoms with Crippen LogP contribution in [0.5, 0.6) is 11.5 Å². The number of primary amides is 1. The number of aromatic hydroxyl groups is 1. The fourth-order valence-corrected chi connectivity index (χ4v) is 2.69. The number of likely N-dealkylation sites (tertiary alicyclic amines) is 1. The van der Waals surface area contributed by atoms with Gasteiger partial charge in [-0.3, -0.25) is 9.59 Å². The standard InChI is InChI=1S/C16H21BN2O8/c18-12(20)3-4-13(21)19-7-10(8-19)27-11-2-1-9(5-6-17(25)26)15(22)14(11)16(23)24/h1-2,10,22,25-26H,3-8H2,(H2,18,20)(H,23,24). The van der Waals surface area contributed by atoms with E-state index in [-0.39, 0.29) is 55.9 Å². The average molecular weight is 380 g/mol. The molecule has 1 fully saturated rings. The van der Waals surface area contributed by atoms with Gasteiger partial charge in [0.15, 0.2) is 0 Å². The van der Waals surface area contributed by atoms with E-state index in [1.165, 1.54) is 17.0 Å². The number of benzene rings is 1. The van der Waals surface area contributed by atoms with Crippen molar-refractivity contribution in [3.63, 3.8) is 0 Å². The fourth-order valence-electron chi connectivity index (χ4n) is 2.69. The molecule has 1 saturated heterocycles. The second kappa shape index (κ2) is 8.74. The van der Waals surface area contributed by atoms with Gasteiger partial charge in [-0.25, -0.2) is 4.79 Å². The minimum atomic E-state index is -1.57. The zero-order chi connectivity index (χ0) is 20.1. The van der Waals surface area contributed by atoms with Gasteiger partial charge in [-0.15, -0.1) is 0 Å². The smallest absolute Gasteiger partial charge is 0.451 e. The monoisotopic (exact) mass is 380 g/mol. The summed E-state index contributed by atoms with van der Waals surface area (Å²) >= 11 is 0. The Morgan fingerprint density at radius 3 is 2.44 bits per heavy atom. The van der Waals surface area contributed by atoms with Gasteiger partial charge >= 0.3 is 13.1 Å². The molecule has 0 unspecified atom stereocenters. The van der Waals surface area contributed by atoms with Gasteiger partial charge in [-0.2, -0.15) is 0 Å². The maximum absolute atomic E-state index is 11.8. The molecular formula is C16H21BN2O8. The molecule has 0 aliphatic carbocycles. The molecule has 1 heterocycles. The van der Waals surface area contributed by atoms with Gasteiger partial charge in [0, 0.05) is 12.8 Å². The molecule has 11 heteroatoms. The lowest BCUT2D eigenvalue weighted by Gasteiger charge is -2.39. The van der Waals surface area contributed by atoms with Crippen LogP contribution in [0.15, 0.2) is 12.1 Å². The first-order chi connectivity index (χ1) is 12.7. The number of carbonyl (C=O) groups excluding carboxylic acids is 2. The Balaban J connectivity index is 2.01. The maximum atomic E-state index is 11.8. The first-order valence-electron chi connectivity index (χ1n) is 8.36. The fraction of sp³-hybridized carbons (Fsp3) is 0.438. The molecule has 1 aromatic carbocycles. The van der Waals surface area contributed by atoms with Gasteiger partial charge in [0.25, 0.3) is 0 Å². The van der Waals surface area contributed by atoms with Crippen LogP contribution in [0.1, 0.15) is 28.8 Å². The van der Waals surface area contributed by atoms with Crippen LogP contribution in [0, 0.1) is 0 Å². The van der Waals surface area contributed by atoms with Gasteiger partial charge in [-0.1, -0.05) is 6.07 Å². The quantitative estimate of drug-likeness (QED) is 0.338. The summed E-state index contributed by atoms with van der Waals surface area (Å²) < 4.78 is 5.59. The third kappa shape index (κ3) is 5.34. The molecule has 2 rings (SSSR count). The molecule has 10 nitrogen and oxygen atoms in total. The molecule has 0 saturated carbocycles. The summed E-state index contributed by atoms with van der Waals surface area (Å²) in [5.74, 6) is -2.72. The first-order valence-corrected chi connectivity index (χ1v) is 8.36. The van der Waals surface area contributed by atoms with Crippen molar-refractivity contribution in [3.05, 3.63) is 23.3 Å². The highest BCUT2D eigenvalue weighted by molar-refractivity contribution is 6.41. The number of hydrogen-bond donors (Lipinski definition) is 5. The van der Waals surface area contributed by atoms with E-state index in [2.05, 4.69) is 0 Å². The second-order valence-corrected chi connectivity index (χ2v) is 6.28.